The normalized spacial score (nSPS) is 17.4. The van der Waals surface area contributed by atoms with Crippen molar-refractivity contribution in [1.82, 2.24) is 0 Å². The topological polar surface area (TPSA) is 55.1 Å². The van der Waals surface area contributed by atoms with Crippen molar-refractivity contribution in [3.8, 4) is 0 Å². The Hall–Kier alpha value is -1.35. The van der Waals surface area contributed by atoms with Gasteiger partial charge in [-0.3, -0.25) is 4.79 Å². The average Bonchev–Trinajstić information content (AvgIpc) is 2.68. The molecule has 3 N–H and O–H groups in total. The van der Waals surface area contributed by atoms with Crippen LogP contribution in [0.5, 0.6) is 0 Å². The number of hydrogen-bond donors (Lipinski definition) is 2. The summed E-state index contributed by atoms with van der Waals surface area (Å²) in [5, 5.41) is 2.94. The third-order valence-electron chi connectivity index (χ3n) is 4.58. The van der Waals surface area contributed by atoms with Gasteiger partial charge in [0.15, 0.2) is 0 Å². The monoisotopic (exact) mass is 288 g/mol. The number of amides is 1. The van der Waals surface area contributed by atoms with Crippen molar-refractivity contribution in [2.45, 2.75) is 70.8 Å². The molecule has 116 valence electrons. The van der Waals surface area contributed by atoms with E-state index in [2.05, 4.69) is 24.4 Å². The molecular weight excluding hydrogens is 260 g/mol. The molecule has 1 amide bonds. The zero-order valence-electron chi connectivity index (χ0n) is 13.5. The van der Waals surface area contributed by atoms with E-state index in [1.165, 1.54) is 32.1 Å². The van der Waals surface area contributed by atoms with Crippen LogP contribution in [0.2, 0.25) is 0 Å². The first-order valence-electron chi connectivity index (χ1n) is 8.18. The van der Waals surface area contributed by atoms with Crippen LogP contribution in [0.1, 0.15) is 76.5 Å². The van der Waals surface area contributed by atoms with Crippen molar-refractivity contribution in [3.05, 3.63) is 29.3 Å². The number of anilines is 1. The lowest BCUT2D eigenvalue weighted by Gasteiger charge is -2.18. The van der Waals surface area contributed by atoms with Gasteiger partial charge in [-0.2, -0.15) is 0 Å². The molecule has 21 heavy (non-hydrogen) atoms. The molecular formula is C18H28N2O. The van der Waals surface area contributed by atoms with E-state index in [0.717, 1.165) is 23.2 Å². The smallest absolute Gasteiger partial charge is 0.234 e. The first-order valence-corrected chi connectivity index (χ1v) is 8.18. The van der Waals surface area contributed by atoms with E-state index in [1.807, 2.05) is 19.9 Å². The van der Waals surface area contributed by atoms with Crippen molar-refractivity contribution in [2.24, 2.45) is 5.73 Å². The number of carbonyl (C=O) groups excluding carboxylic acids is 1. The second-order valence-electron chi connectivity index (χ2n) is 6.69. The number of nitrogens with two attached hydrogens (primary N) is 1. The zero-order chi connectivity index (χ0) is 15.5. The number of nitrogens with one attached hydrogen (secondary N) is 1. The number of fused-ring (bicyclic) bond motifs is 1. The molecule has 0 saturated heterocycles. The Kier molecular flexibility index (Phi) is 5.04. The summed E-state index contributed by atoms with van der Waals surface area (Å²) in [6.07, 6.45) is 7.35. The summed E-state index contributed by atoms with van der Waals surface area (Å²) in [7, 11) is 0. The predicted octanol–water partition coefficient (Wildman–Crippen LogP) is 4.28. The number of carbonyl (C=O) groups is 1. The Morgan fingerprint density at radius 1 is 1.19 bits per heavy atom. The van der Waals surface area contributed by atoms with Crippen molar-refractivity contribution in [1.29, 1.82) is 0 Å². The fourth-order valence-corrected chi connectivity index (χ4v) is 2.95. The number of rotatable bonds is 7. The maximum atomic E-state index is 12.0. The van der Waals surface area contributed by atoms with Gasteiger partial charge >= 0.3 is 0 Å². The lowest BCUT2D eigenvalue weighted by molar-refractivity contribution is -0.119. The maximum absolute atomic E-state index is 12.0. The van der Waals surface area contributed by atoms with E-state index in [1.54, 1.807) is 0 Å². The van der Waals surface area contributed by atoms with Gasteiger partial charge in [0.25, 0.3) is 0 Å². The van der Waals surface area contributed by atoms with Gasteiger partial charge in [0.05, 0.1) is 5.41 Å². The van der Waals surface area contributed by atoms with E-state index in [0.29, 0.717) is 0 Å². The highest BCUT2D eigenvalue weighted by atomic mass is 16.2. The molecule has 1 heterocycles. The quantitative estimate of drug-likeness (QED) is 0.736. The lowest BCUT2D eigenvalue weighted by atomic mass is 9.84. The molecule has 1 aromatic carbocycles. The number of unbranched alkanes of at least 4 members (excludes halogenated alkanes) is 4. The molecule has 0 spiro atoms. The minimum absolute atomic E-state index is 0.0720. The maximum Gasteiger partial charge on any atom is 0.234 e. The molecule has 0 aromatic heterocycles. The van der Waals surface area contributed by atoms with Gasteiger partial charge in [-0.15, -0.1) is 0 Å². The van der Waals surface area contributed by atoms with Crippen molar-refractivity contribution < 1.29 is 4.79 Å². The van der Waals surface area contributed by atoms with Crippen LogP contribution in [-0.2, 0) is 10.2 Å². The van der Waals surface area contributed by atoms with Crippen LogP contribution in [0, 0.1) is 0 Å². The molecule has 0 aliphatic carbocycles. The fourth-order valence-electron chi connectivity index (χ4n) is 2.95. The standard InChI is InChI=1S/C18H28N2O/c1-4-5-6-7-8-9-15(19)13-10-11-16-14(12-13)18(2,3)17(21)20-16/h10-12,15H,4-9,19H2,1-3H3,(H,20,21). The van der Waals surface area contributed by atoms with E-state index in [-0.39, 0.29) is 11.9 Å². The highest BCUT2D eigenvalue weighted by Gasteiger charge is 2.38. The Bertz CT molecular complexity index is 508. The summed E-state index contributed by atoms with van der Waals surface area (Å²) in [6.45, 7) is 6.16. The molecule has 0 saturated carbocycles. The van der Waals surface area contributed by atoms with E-state index in [4.69, 9.17) is 5.73 Å². The Morgan fingerprint density at radius 3 is 2.62 bits per heavy atom. The van der Waals surface area contributed by atoms with Crippen LogP contribution < -0.4 is 11.1 Å². The molecule has 2 rings (SSSR count). The van der Waals surface area contributed by atoms with Crippen LogP contribution in [0.15, 0.2) is 18.2 Å². The van der Waals surface area contributed by atoms with Crippen LogP contribution >= 0.6 is 0 Å². The van der Waals surface area contributed by atoms with Crippen molar-refractivity contribution >= 4 is 11.6 Å². The SMILES string of the molecule is CCCCCCCC(N)c1ccc2c(c1)C(C)(C)C(=O)N2. The summed E-state index contributed by atoms with van der Waals surface area (Å²) in [5.41, 5.74) is 9.03. The first-order chi connectivity index (χ1) is 9.96. The first kappa shape index (κ1) is 16.0. The third kappa shape index (κ3) is 3.46. The second-order valence-corrected chi connectivity index (χ2v) is 6.69. The Balaban J connectivity index is 1.99. The van der Waals surface area contributed by atoms with E-state index >= 15 is 0 Å². The minimum Gasteiger partial charge on any atom is -0.325 e. The van der Waals surface area contributed by atoms with Gasteiger partial charge in [0.1, 0.15) is 0 Å². The van der Waals surface area contributed by atoms with Crippen LogP contribution in [0.4, 0.5) is 5.69 Å². The predicted molar refractivity (Wildman–Crippen MR) is 88.4 cm³/mol. The number of hydrogen-bond acceptors (Lipinski definition) is 2. The summed E-state index contributed by atoms with van der Waals surface area (Å²) < 4.78 is 0. The van der Waals surface area contributed by atoms with Gasteiger partial charge < -0.3 is 11.1 Å². The summed E-state index contributed by atoms with van der Waals surface area (Å²) in [5.74, 6) is 0.0720. The molecule has 3 nitrogen and oxygen atoms in total. The van der Waals surface area contributed by atoms with Gasteiger partial charge in [-0.25, -0.2) is 0 Å². The molecule has 1 aliphatic rings. The zero-order valence-corrected chi connectivity index (χ0v) is 13.5. The van der Waals surface area contributed by atoms with Crippen molar-refractivity contribution in [3.63, 3.8) is 0 Å². The largest absolute Gasteiger partial charge is 0.325 e. The van der Waals surface area contributed by atoms with E-state index < -0.39 is 5.41 Å². The average molecular weight is 288 g/mol. The van der Waals surface area contributed by atoms with Gasteiger partial charge in [0, 0.05) is 11.7 Å². The molecule has 0 bridgehead atoms. The third-order valence-corrected chi connectivity index (χ3v) is 4.58. The van der Waals surface area contributed by atoms with E-state index in [9.17, 15) is 4.79 Å². The molecule has 1 aromatic rings. The van der Waals surface area contributed by atoms with Gasteiger partial charge in [-0.1, -0.05) is 51.2 Å². The van der Waals surface area contributed by atoms with Gasteiger partial charge in [0.2, 0.25) is 5.91 Å². The summed E-state index contributed by atoms with van der Waals surface area (Å²) in [4.78, 5) is 12.0. The summed E-state index contributed by atoms with van der Waals surface area (Å²) >= 11 is 0. The van der Waals surface area contributed by atoms with Crippen LogP contribution in [0.3, 0.4) is 0 Å². The summed E-state index contributed by atoms with van der Waals surface area (Å²) in [6, 6.07) is 6.23. The molecule has 3 heteroatoms. The Labute approximate surface area is 128 Å². The molecule has 1 atom stereocenters. The van der Waals surface area contributed by atoms with Crippen molar-refractivity contribution in [2.75, 3.05) is 5.32 Å². The molecule has 1 unspecified atom stereocenters. The minimum atomic E-state index is -0.452. The molecule has 0 radical (unpaired) electrons. The number of benzene rings is 1. The van der Waals surface area contributed by atoms with Crippen LogP contribution in [0.25, 0.3) is 0 Å². The highest BCUT2D eigenvalue weighted by molar-refractivity contribution is 6.05. The highest BCUT2D eigenvalue weighted by Crippen LogP contribution is 2.38. The van der Waals surface area contributed by atoms with Crippen LogP contribution in [-0.4, -0.2) is 5.91 Å². The molecule has 0 fully saturated rings. The second kappa shape index (κ2) is 6.61. The lowest BCUT2D eigenvalue weighted by Crippen LogP contribution is -2.27. The Morgan fingerprint density at radius 2 is 1.90 bits per heavy atom. The molecule has 1 aliphatic heterocycles. The van der Waals surface area contributed by atoms with Gasteiger partial charge in [-0.05, 0) is 37.5 Å². The fraction of sp³-hybridized carbons (Fsp3) is 0.611.